The van der Waals surface area contributed by atoms with Gasteiger partial charge in [0.15, 0.2) is 0 Å². The predicted octanol–water partition coefficient (Wildman–Crippen LogP) is 3.67. The van der Waals surface area contributed by atoms with Crippen molar-refractivity contribution in [3.8, 4) is 23.5 Å². The molecule has 1 unspecified atom stereocenters. The minimum Gasteiger partial charge on any atom is -0.367 e. The number of nitrogens with zero attached hydrogens (tertiary/aromatic N) is 6. The molecule has 1 saturated heterocycles. The van der Waals surface area contributed by atoms with Gasteiger partial charge in [-0.3, -0.25) is 4.90 Å². The van der Waals surface area contributed by atoms with E-state index in [1.807, 2.05) is 31.2 Å². The monoisotopic (exact) mass is 398 g/mol. The molecule has 1 aliphatic heterocycles. The van der Waals surface area contributed by atoms with Gasteiger partial charge in [-0.2, -0.15) is 15.5 Å². The van der Waals surface area contributed by atoms with Gasteiger partial charge in [0.1, 0.15) is 12.1 Å². The lowest BCUT2D eigenvalue weighted by atomic mass is 10.1. The minimum atomic E-state index is -0.0134. The highest BCUT2D eigenvalue weighted by atomic mass is 16.5. The molecule has 0 bridgehead atoms. The lowest BCUT2D eigenvalue weighted by Gasteiger charge is -2.38. The Balaban J connectivity index is 1.46. The summed E-state index contributed by atoms with van der Waals surface area (Å²) in [5.41, 5.74) is 3.93. The van der Waals surface area contributed by atoms with Gasteiger partial charge in [0, 0.05) is 31.7 Å². The van der Waals surface area contributed by atoms with Crippen molar-refractivity contribution >= 4 is 5.69 Å². The molecule has 7 nitrogen and oxygen atoms in total. The highest BCUT2D eigenvalue weighted by Crippen LogP contribution is 2.28. The summed E-state index contributed by atoms with van der Waals surface area (Å²) in [6.45, 7) is 7.09. The maximum Gasteiger partial charge on any atom is 0.244 e. The second-order valence-corrected chi connectivity index (χ2v) is 7.45. The fourth-order valence-electron chi connectivity index (χ4n) is 3.78. The summed E-state index contributed by atoms with van der Waals surface area (Å²) in [5, 5.41) is 23.0. The molecule has 1 fully saturated rings. The fraction of sp³-hybridized carbons (Fsp3) is 0.304. The third-order valence-corrected chi connectivity index (χ3v) is 5.56. The van der Waals surface area contributed by atoms with Crippen molar-refractivity contribution in [1.82, 2.24) is 15.0 Å². The first-order valence-corrected chi connectivity index (χ1v) is 9.93. The molecule has 7 heteroatoms. The van der Waals surface area contributed by atoms with Gasteiger partial charge in [0.05, 0.1) is 22.9 Å². The molecule has 2 aromatic carbocycles. The van der Waals surface area contributed by atoms with Crippen molar-refractivity contribution in [2.24, 2.45) is 0 Å². The first kappa shape index (κ1) is 19.6. The van der Waals surface area contributed by atoms with Gasteiger partial charge in [-0.1, -0.05) is 41.1 Å². The molecule has 150 valence electrons. The zero-order chi connectivity index (χ0) is 21.1. The number of nitriles is 2. The Morgan fingerprint density at radius 1 is 0.967 bits per heavy atom. The number of rotatable bonds is 4. The van der Waals surface area contributed by atoms with Crippen LogP contribution >= 0.6 is 0 Å². The summed E-state index contributed by atoms with van der Waals surface area (Å²) in [7, 11) is 0. The molecule has 1 aliphatic rings. The SMILES string of the molecule is Cc1ccc(-c2noc(C(C)N3CCN(c4c(C#N)cccc4C#N)CC3)n2)cc1. The molecule has 3 aromatic rings. The van der Waals surface area contributed by atoms with Gasteiger partial charge < -0.3 is 9.42 Å². The number of piperazine rings is 1. The van der Waals surface area contributed by atoms with Crippen LogP contribution in [0.1, 0.15) is 35.5 Å². The summed E-state index contributed by atoms with van der Waals surface area (Å²) >= 11 is 0. The number of hydrogen-bond acceptors (Lipinski definition) is 7. The average molecular weight is 398 g/mol. The van der Waals surface area contributed by atoms with E-state index in [0.29, 0.717) is 22.8 Å². The van der Waals surface area contributed by atoms with Crippen LogP contribution in [0.2, 0.25) is 0 Å². The topological polar surface area (TPSA) is 93.0 Å². The Kier molecular flexibility index (Phi) is 5.47. The first-order valence-electron chi connectivity index (χ1n) is 9.93. The molecule has 0 N–H and O–H groups in total. The van der Waals surface area contributed by atoms with Crippen LogP contribution in [0.25, 0.3) is 11.4 Å². The molecule has 0 radical (unpaired) electrons. The van der Waals surface area contributed by atoms with Gasteiger partial charge in [-0.05, 0) is 26.0 Å². The van der Waals surface area contributed by atoms with Crippen molar-refractivity contribution in [2.45, 2.75) is 19.9 Å². The van der Waals surface area contributed by atoms with Crippen LogP contribution in [-0.2, 0) is 0 Å². The molecule has 0 amide bonds. The second-order valence-electron chi connectivity index (χ2n) is 7.45. The Morgan fingerprint density at radius 2 is 1.60 bits per heavy atom. The maximum absolute atomic E-state index is 9.45. The number of para-hydroxylation sites is 1. The van der Waals surface area contributed by atoms with Gasteiger partial charge in [-0.25, -0.2) is 0 Å². The quantitative estimate of drug-likeness (QED) is 0.662. The van der Waals surface area contributed by atoms with Crippen molar-refractivity contribution in [1.29, 1.82) is 10.5 Å². The number of anilines is 1. The van der Waals surface area contributed by atoms with E-state index in [9.17, 15) is 10.5 Å². The lowest BCUT2D eigenvalue weighted by molar-refractivity contribution is 0.164. The normalized spacial score (nSPS) is 15.4. The lowest BCUT2D eigenvalue weighted by Crippen LogP contribution is -2.47. The van der Waals surface area contributed by atoms with E-state index < -0.39 is 0 Å². The van der Waals surface area contributed by atoms with Crippen LogP contribution < -0.4 is 4.90 Å². The zero-order valence-corrected chi connectivity index (χ0v) is 17.0. The number of hydrogen-bond donors (Lipinski definition) is 0. The van der Waals surface area contributed by atoms with Gasteiger partial charge in [0.2, 0.25) is 11.7 Å². The first-order chi connectivity index (χ1) is 14.6. The summed E-state index contributed by atoms with van der Waals surface area (Å²) in [6.07, 6.45) is 0. The third-order valence-electron chi connectivity index (χ3n) is 5.56. The van der Waals surface area contributed by atoms with Crippen molar-refractivity contribution in [3.63, 3.8) is 0 Å². The minimum absolute atomic E-state index is 0.0134. The van der Waals surface area contributed by atoms with Crippen molar-refractivity contribution in [3.05, 3.63) is 65.0 Å². The molecule has 1 atom stereocenters. The molecule has 1 aromatic heterocycles. The van der Waals surface area contributed by atoms with Gasteiger partial charge >= 0.3 is 0 Å². The summed E-state index contributed by atoms with van der Waals surface area (Å²) in [4.78, 5) is 9.00. The van der Waals surface area contributed by atoms with Crippen molar-refractivity contribution in [2.75, 3.05) is 31.1 Å². The van der Waals surface area contributed by atoms with E-state index in [-0.39, 0.29) is 6.04 Å². The molecule has 0 spiro atoms. The van der Waals surface area contributed by atoms with E-state index >= 15 is 0 Å². The largest absolute Gasteiger partial charge is 0.367 e. The highest BCUT2D eigenvalue weighted by molar-refractivity contribution is 5.68. The Bertz CT molecular complexity index is 1080. The van der Waals surface area contributed by atoms with Gasteiger partial charge in [-0.15, -0.1) is 0 Å². The predicted molar refractivity (Wildman–Crippen MR) is 113 cm³/mol. The summed E-state index contributed by atoms with van der Waals surface area (Å²) < 4.78 is 5.55. The van der Waals surface area contributed by atoms with Crippen LogP contribution in [0.4, 0.5) is 5.69 Å². The van der Waals surface area contributed by atoms with Gasteiger partial charge in [0.25, 0.3) is 0 Å². The Hall–Kier alpha value is -3.68. The molecule has 30 heavy (non-hydrogen) atoms. The molecule has 0 aliphatic carbocycles. The van der Waals surface area contributed by atoms with E-state index in [2.05, 4.69) is 39.0 Å². The number of aromatic nitrogens is 2. The fourth-order valence-corrected chi connectivity index (χ4v) is 3.78. The zero-order valence-electron chi connectivity index (χ0n) is 17.0. The van der Waals surface area contributed by atoms with Crippen LogP contribution in [0.5, 0.6) is 0 Å². The summed E-state index contributed by atoms with van der Waals surface area (Å²) in [5.74, 6) is 1.19. The van der Waals surface area contributed by atoms with E-state index in [1.54, 1.807) is 18.2 Å². The maximum atomic E-state index is 9.45. The smallest absolute Gasteiger partial charge is 0.244 e. The highest BCUT2D eigenvalue weighted by Gasteiger charge is 2.27. The standard InChI is InChI=1S/C23H22N6O/c1-16-6-8-18(9-7-16)22-26-23(30-27-22)17(2)28-10-12-29(13-11-28)21-19(14-24)4-3-5-20(21)15-25/h3-9,17H,10-13H2,1-2H3. The number of aryl methyl sites for hydroxylation is 1. The van der Waals surface area contributed by atoms with Crippen LogP contribution in [-0.4, -0.2) is 41.2 Å². The van der Waals surface area contributed by atoms with E-state index in [4.69, 9.17) is 4.52 Å². The van der Waals surface area contributed by atoms with Crippen LogP contribution in [0.15, 0.2) is 47.0 Å². The molecule has 4 rings (SSSR count). The van der Waals surface area contributed by atoms with E-state index in [0.717, 1.165) is 37.4 Å². The molecular formula is C23H22N6O. The van der Waals surface area contributed by atoms with Crippen LogP contribution in [0.3, 0.4) is 0 Å². The molecule has 0 saturated carbocycles. The molecule has 2 heterocycles. The second kappa shape index (κ2) is 8.36. The van der Waals surface area contributed by atoms with Crippen molar-refractivity contribution < 1.29 is 4.52 Å². The average Bonchev–Trinajstić information content (AvgIpc) is 3.29. The number of benzene rings is 2. The molecular weight excluding hydrogens is 376 g/mol. The summed E-state index contributed by atoms with van der Waals surface area (Å²) in [6, 6.07) is 17.7. The Morgan fingerprint density at radius 3 is 2.20 bits per heavy atom. The van der Waals surface area contributed by atoms with E-state index in [1.165, 1.54) is 5.56 Å². The third kappa shape index (κ3) is 3.76. The Labute approximate surface area is 175 Å². The van der Waals surface area contributed by atoms with Crippen LogP contribution in [0, 0.1) is 29.6 Å².